The molecule has 3 aromatic rings. The third-order valence-electron chi connectivity index (χ3n) is 5.39. The van der Waals surface area contributed by atoms with E-state index in [1.54, 1.807) is 12.1 Å². The van der Waals surface area contributed by atoms with Crippen LogP contribution in [0.3, 0.4) is 0 Å². The van der Waals surface area contributed by atoms with Gasteiger partial charge >= 0.3 is 5.69 Å². The lowest BCUT2D eigenvalue weighted by Gasteiger charge is -2.17. The summed E-state index contributed by atoms with van der Waals surface area (Å²) in [7, 11) is 0. The maximum absolute atomic E-state index is 12.8. The van der Waals surface area contributed by atoms with Gasteiger partial charge in [0.05, 0.1) is 18.3 Å². The van der Waals surface area contributed by atoms with Crippen LogP contribution >= 0.6 is 0 Å². The van der Waals surface area contributed by atoms with Gasteiger partial charge in [-0.15, -0.1) is 0 Å². The summed E-state index contributed by atoms with van der Waals surface area (Å²) in [6, 6.07) is 18.0. The summed E-state index contributed by atoms with van der Waals surface area (Å²) >= 11 is 0. The number of benzene rings is 2. The standard InChI is InChI=1S/C24H25N3O4/c28-22(25-20-12-6-7-13-21(20)31-19-10-4-5-11-19)17-27-23(29)14-15-26(24(27)30)16-18-8-2-1-3-9-18/h1-3,6-9,12-15,19H,4-5,10-11,16-17H2,(H,25,28). The Morgan fingerprint density at radius 2 is 1.68 bits per heavy atom. The van der Waals surface area contributed by atoms with E-state index >= 15 is 0 Å². The second kappa shape index (κ2) is 9.47. The van der Waals surface area contributed by atoms with Crippen LogP contribution < -0.4 is 21.3 Å². The molecule has 0 radical (unpaired) electrons. The summed E-state index contributed by atoms with van der Waals surface area (Å²) in [5, 5.41) is 2.78. The largest absolute Gasteiger partial charge is 0.488 e. The fourth-order valence-electron chi connectivity index (χ4n) is 3.79. The summed E-state index contributed by atoms with van der Waals surface area (Å²) in [4.78, 5) is 37.7. The minimum Gasteiger partial charge on any atom is -0.488 e. The van der Waals surface area contributed by atoms with Gasteiger partial charge in [0.15, 0.2) is 0 Å². The smallest absolute Gasteiger partial charge is 0.331 e. The molecule has 1 aromatic heterocycles. The van der Waals surface area contributed by atoms with Gasteiger partial charge in [-0.25, -0.2) is 4.79 Å². The topological polar surface area (TPSA) is 82.3 Å². The number of carbonyl (C=O) groups excluding carboxylic acids is 1. The molecule has 2 aromatic carbocycles. The van der Waals surface area contributed by atoms with Gasteiger partial charge in [0.1, 0.15) is 12.3 Å². The number of para-hydroxylation sites is 2. The first kappa shape index (κ1) is 20.7. The van der Waals surface area contributed by atoms with Crippen LogP contribution in [0.4, 0.5) is 5.69 Å². The second-order valence-corrected chi connectivity index (χ2v) is 7.70. The fraction of sp³-hybridized carbons (Fsp3) is 0.292. The molecular weight excluding hydrogens is 394 g/mol. The Labute approximate surface area is 179 Å². The first-order valence-corrected chi connectivity index (χ1v) is 10.5. The minimum absolute atomic E-state index is 0.153. The van der Waals surface area contributed by atoms with Crippen LogP contribution in [0.5, 0.6) is 5.75 Å². The molecule has 1 saturated carbocycles. The lowest BCUT2D eigenvalue weighted by atomic mass is 10.2. The quantitative estimate of drug-likeness (QED) is 0.638. The van der Waals surface area contributed by atoms with Crippen LogP contribution in [-0.2, 0) is 17.9 Å². The molecular formula is C24H25N3O4. The van der Waals surface area contributed by atoms with E-state index in [1.807, 2.05) is 42.5 Å². The summed E-state index contributed by atoms with van der Waals surface area (Å²) in [5.41, 5.74) is 0.423. The van der Waals surface area contributed by atoms with Gasteiger partial charge in [0, 0.05) is 12.3 Å². The number of hydrogen-bond acceptors (Lipinski definition) is 4. The van der Waals surface area contributed by atoms with Crippen LogP contribution in [0.1, 0.15) is 31.2 Å². The van der Waals surface area contributed by atoms with Crippen molar-refractivity contribution in [3.05, 3.63) is 93.3 Å². The Kier molecular flexibility index (Phi) is 6.31. The average molecular weight is 419 g/mol. The second-order valence-electron chi connectivity index (χ2n) is 7.70. The van der Waals surface area contributed by atoms with E-state index < -0.39 is 17.2 Å². The molecule has 0 bridgehead atoms. The zero-order valence-electron chi connectivity index (χ0n) is 17.2. The molecule has 1 amide bonds. The molecule has 160 valence electrons. The van der Waals surface area contributed by atoms with Crippen LogP contribution in [0.25, 0.3) is 0 Å². The summed E-state index contributed by atoms with van der Waals surface area (Å²) in [6.45, 7) is -0.0509. The van der Waals surface area contributed by atoms with Gasteiger partial charge < -0.3 is 10.1 Å². The summed E-state index contributed by atoms with van der Waals surface area (Å²) in [5.74, 6) is 0.142. The van der Waals surface area contributed by atoms with Crippen molar-refractivity contribution in [3.8, 4) is 5.75 Å². The van der Waals surface area contributed by atoms with E-state index in [4.69, 9.17) is 4.74 Å². The SMILES string of the molecule is O=C(Cn1c(=O)ccn(Cc2ccccc2)c1=O)Nc1ccccc1OC1CCCC1. The highest BCUT2D eigenvalue weighted by Crippen LogP contribution is 2.29. The number of ether oxygens (including phenoxy) is 1. The van der Waals surface area contributed by atoms with Crippen molar-refractivity contribution in [2.75, 3.05) is 5.32 Å². The third-order valence-corrected chi connectivity index (χ3v) is 5.39. The number of nitrogens with one attached hydrogen (secondary N) is 1. The lowest BCUT2D eigenvalue weighted by Crippen LogP contribution is -2.41. The van der Waals surface area contributed by atoms with E-state index in [2.05, 4.69) is 5.32 Å². The Balaban J connectivity index is 1.50. The van der Waals surface area contributed by atoms with Crippen LogP contribution in [0.2, 0.25) is 0 Å². The molecule has 7 nitrogen and oxygen atoms in total. The van der Waals surface area contributed by atoms with Gasteiger partial charge in [-0.3, -0.25) is 18.7 Å². The van der Waals surface area contributed by atoms with Gasteiger partial charge in [0.25, 0.3) is 5.56 Å². The molecule has 0 aliphatic heterocycles. The van der Waals surface area contributed by atoms with Crippen molar-refractivity contribution < 1.29 is 9.53 Å². The van der Waals surface area contributed by atoms with Gasteiger partial charge in [-0.05, 0) is 43.4 Å². The molecule has 1 fully saturated rings. The van der Waals surface area contributed by atoms with Crippen molar-refractivity contribution >= 4 is 11.6 Å². The first-order chi connectivity index (χ1) is 15.1. The number of aromatic nitrogens is 2. The number of amides is 1. The molecule has 1 aliphatic carbocycles. The zero-order valence-corrected chi connectivity index (χ0v) is 17.2. The molecule has 1 heterocycles. The summed E-state index contributed by atoms with van der Waals surface area (Å²) in [6.07, 6.45) is 5.90. The molecule has 7 heteroatoms. The number of nitrogens with zero attached hydrogens (tertiary/aromatic N) is 2. The zero-order chi connectivity index (χ0) is 21.6. The number of hydrogen-bond donors (Lipinski definition) is 1. The van der Waals surface area contributed by atoms with Crippen molar-refractivity contribution in [1.82, 2.24) is 9.13 Å². The van der Waals surface area contributed by atoms with Crippen LogP contribution in [-0.4, -0.2) is 21.1 Å². The Hall–Kier alpha value is -3.61. The normalized spacial score (nSPS) is 13.8. The minimum atomic E-state index is -0.526. The van der Waals surface area contributed by atoms with Gasteiger partial charge in [0.2, 0.25) is 5.91 Å². The maximum atomic E-state index is 12.8. The molecule has 31 heavy (non-hydrogen) atoms. The van der Waals surface area contributed by atoms with Crippen molar-refractivity contribution in [1.29, 1.82) is 0 Å². The van der Waals surface area contributed by atoms with Crippen molar-refractivity contribution in [3.63, 3.8) is 0 Å². The van der Waals surface area contributed by atoms with E-state index in [0.717, 1.165) is 35.8 Å². The van der Waals surface area contributed by atoms with Crippen LogP contribution in [0, 0.1) is 0 Å². The van der Waals surface area contributed by atoms with E-state index in [-0.39, 0.29) is 12.6 Å². The highest BCUT2D eigenvalue weighted by atomic mass is 16.5. The van der Waals surface area contributed by atoms with Crippen LogP contribution in [0.15, 0.2) is 76.4 Å². The summed E-state index contributed by atoms with van der Waals surface area (Å²) < 4.78 is 8.40. The molecule has 1 aliphatic rings. The average Bonchev–Trinajstić information content (AvgIpc) is 3.28. The Morgan fingerprint density at radius 3 is 2.45 bits per heavy atom. The molecule has 1 N–H and O–H groups in total. The monoisotopic (exact) mass is 419 g/mol. The van der Waals surface area contributed by atoms with E-state index in [1.165, 1.54) is 16.8 Å². The van der Waals surface area contributed by atoms with Gasteiger partial charge in [-0.2, -0.15) is 0 Å². The van der Waals surface area contributed by atoms with Crippen molar-refractivity contribution in [2.45, 2.75) is 44.9 Å². The molecule has 0 spiro atoms. The predicted octanol–water partition coefficient (Wildman–Crippen LogP) is 3.02. The van der Waals surface area contributed by atoms with E-state index in [9.17, 15) is 14.4 Å². The molecule has 0 saturated heterocycles. The molecule has 4 rings (SSSR count). The van der Waals surface area contributed by atoms with Crippen molar-refractivity contribution in [2.24, 2.45) is 0 Å². The fourth-order valence-corrected chi connectivity index (χ4v) is 3.79. The highest BCUT2D eigenvalue weighted by molar-refractivity contribution is 5.92. The lowest BCUT2D eigenvalue weighted by molar-refractivity contribution is -0.116. The predicted molar refractivity (Wildman–Crippen MR) is 118 cm³/mol. The molecule has 0 atom stereocenters. The Morgan fingerprint density at radius 1 is 0.968 bits per heavy atom. The Bertz CT molecular complexity index is 1160. The first-order valence-electron chi connectivity index (χ1n) is 10.5. The number of carbonyl (C=O) groups is 1. The van der Waals surface area contributed by atoms with E-state index in [0.29, 0.717) is 18.0 Å². The highest BCUT2D eigenvalue weighted by Gasteiger charge is 2.19. The third kappa shape index (κ3) is 5.12. The molecule has 0 unspecified atom stereocenters. The number of anilines is 1. The van der Waals surface area contributed by atoms with Gasteiger partial charge in [-0.1, -0.05) is 42.5 Å². The maximum Gasteiger partial charge on any atom is 0.331 e. The number of rotatable bonds is 7.